The maximum absolute atomic E-state index is 12.3. The molecule has 7 heteroatoms. The summed E-state index contributed by atoms with van der Waals surface area (Å²) in [4.78, 5) is 26.0. The van der Waals surface area contributed by atoms with Crippen LogP contribution in [0.4, 0.5) is 11.4 Å². The van der Waals surface area contributed by atoms with E-state index in [9.17, 15) is 9.59 Å². The molecule has 6 nitrogen and oxygen atoms in total. The Morgan fingerprint density at radius 2 is 2.04 bits per heavy atom. The van der Waals surface area contributed by atoms with Crippen LogP contribution in [-0.4, -0.2) is 48.7 Å². The Kier molecular flexibility index (Phi) is 5.34. The minimum absolute atomic E-state index is 0.0435. The lowest BCUT2D eigenvalue weighted by Gasteiger charge is -2.30. The molecule has 0 aliphatic carbocycles. The second-order valence-electron chi connectivity index (χ2n) is 6.39. The molecule has 1 fully saturated rings. The first-order valence-electron chi connectivity index (χ1n) is 8.25. The average Bonchev–Trinajstić information content (AvgIpc) is 2.86. The van der Waals surface area contributed by atoms with Gasteiger partial charge in [0.2, 0.25) is 5.12 Å². The molecule has 2 aliphatic rings. The second kappa shape index (κ2) is 7.49. The van der Waals surface area contributed by atoms with Gasteiger partial charge in [0, 0.05) is 19.2 Å². The first-order chi connectivity index (χ1) is 12.0. The highest BCUT2D eigenvalue weighted by atomic mass is 32.2. The number of nitrogens with zero attached hydrogens (tertiary/aromatic N) is 1. The molecule has 0 saturated carbocycles. The number of para-hydroxylation sites is 2. The number of morpholine rings is 1. The number of hydrogen-bond donors (Lipinski definition) is 1. The SMILES string of the molecule is CC1(C)SC(=O)C=C1OCC(=O)Nc1ccccc1N1CCOCC1. The van der Waals surface area contributed by atoms with E-state index in [1.54, 1.807) is 0 Å². The fraction of sp³-hybridized carbons (Fsp3) is 0.444. The number of thioether (sulfide) groups is 1. The van der Waals surface area contributed by atoms with Crippen molar-refractivity contribution in [3.8, 4) is 0 Å². The normalized spacial score (nSPS) is 19.5. The van der Waals surface area contributed by atoms with E-state index < -0.39 is 4.75 Å². The number of benzene rings is 1. The fourth-order valence-electron chi connectivity index (χ4n) is 2.82. The summed E-state index contributed by atoms with van der Waals surface area (Å²) in [5, 5.41) is 2.86. The average molecular weight is 362 g/mol. The van der Waals surface area contributed by atoms with Crippen LogP contribution in [0, 0.1) is 0 Å². The van der Waals surface area contributed by atoms with Gasteiger partial charge in [0.15, 0.2) is 6.61 Å². The molecule has 25 heavy (non-hydrogen) atoms. The lowest BCUT2D eigenvalue weighted by molar-refractivity contribution is -0.119. The summed E-state index contributed by atoms with van der Waals surface area (Å²) < 4.78 is 10.5. The van der Waals surface area contributed by atoms with Crippen LogP contribution in [0.3, 0.4) is 0 Å². The first kappa shape index (κ1) is 17.8. The molecular weight excluding hydrogens is 340 g/mol. The Balaban J connectivity index is 1.62. The third-order valence-electron chi connectivity index (χ3n) is 4.09. The molecule has 3 rings (SSSR count). The van der Waals surface area contributed by atoms with Gasteiger partial charge < -0.3 is 19.7 Å². The monoisotopic (exact) mass is 362 g/mol. The summed E-state index contributed by atoms with van der Waals surface area (Å²) in [6.07, 6.45) is 1.46. The summed E-state index contributed by atoms with van der Waals surface area (Å²) in [5.41, 5.74) is 1.73. The van der Waals surface area contributed by atoms with Crippen molar-refractivity contribution in [3.05, 3.63) is 36.1 Å². The van der Waals surface area contributed by atoms with E-state index in [1.165, 1.54) is 17.8 Å². The largest absolute Gasteiger partial charge is 0.486 e. The number of rotatable bonds is 5. The Bertz CT molecular complexity index is 696. The molecule has 0 aromatic heterocycles. The predicted molar refractivity (Wildman–Crippen MR) is 98.8 cm³/mol. The van der Waals surface area contributed by atoms with Crippen LogP contribution < -0.4 is 10.2 Å². The molecule has 1 N–H and O–H groups in total. The summed E-state index contributed by atoms with van der Waals surface area (Å²) in [5.74, 6) is 0.292. The minimum atomic E-state index is -0.428. The molecule has 0 radical (unpaired) electrons. The number of hydrogen-bond acceptors (Lipinski definition) is 6. The Morgan fingerprint density at radius 3 is 2.72 bits per heavy atom. The molecular formula is C18H22N2O4S. The number of carbonyl (C=O) groups excluding carboxylic acids is 2. The van der Waals surface area contributed by atoms with E-state index in [-0.39, 0.29) is 17.6 Å². The number of amides is 1. The van der Waals surface area contributed by atoms with Crippen LogP contribution >= 0.6 is 11.8 Å². The highest BCUT2D eigenvalue weighted by molar-refractivity contribution is 8.15. The first-order valence-corrected chi connectivity index (χ1v) is 9.07. The maximum Gasteiger partial charge on any atom is 0.262 e. The predicted octanol–water partition coefficient (Wildman–Crippen LogP) is 2.41. The van der Waals surface area contributed by atoms with Crippen LogP contribution in [-0.2, 0) is 19.1 Å². The molecule has 134 valence electrons. The molecule has 2 aliphatic heterocycles. The van der Waals surface area contributed by atoms with Crippen molar-refractivity contribution >= 4 is 34.2 Å². The van der Waals surface area contributed by atoms with Gasteiger partial charge in [-0.2, -0.15) is 0 Å². The molecule has 1 aromatic carbocycles. The lowest BCUT2D eigenvalue weighted by Crippen LogP contribution is -2.36. The van der Waals surface area contributed by atoms with Gasteiger partial charge in [0.25, 0.3) is 5.91 Å². The molecule has 0 spiro atoms. The van der Waals surface area contributed by atoms with Gasteiger partial charge in [0.1, 0.15) is 5.76 Å². The van der Waals surface area contributed by atoms with E-state index in [2.05, 4.69) is 10.2 Å². The van der Waals surface area contributed by atoms with Crippen LogP contribution in [0.25, 0.3) is 0 Å². The zero-order valence-electron chi connectivity index (χ0n) is 14.4. The number of ether oxygens (including phenoxy) is 2. The standard InChI is InChI=1S/C18H22N2O4S/c1-18(2)15(11-17(22)25-18)24-12-16(21)19-13-5-3-4-6-14(13)20-7-9-23-10-8-20/h3-6,11H,7-10,12H2,1-2H3,(H,19,21). The number of anilines is 2. The number of carbonyl (C=O) groups is 2. The van der Waals surface area contributed by atoms with Crippen molar-refractivity contribution in [2.75, 3.05) is 43.1 Å². The highest BCUT2D eigenvalue weighted by Crippen LogP contribution is 2.39. The highest BCUT2D eigenvalue weighted by Gasteiger charge is 2.35. The molecule has 0 bridgehead atoms. The molecule has 1 saturated heterocycles. The molecule has 0 atom stereocenters. The van der Waals surface area contributed by atoms with Gasteiger partial charge in [-0.05, 0) is 26.0 Å². The van der Waals surface area contributed by atoms with Crippen molar-refractivity contribution in [2.24, 2.45) is 0 Å². The van der Waals surface area contributed by atoms with E-state index in [1.807, 2.05) is 38.1 Å². The molecule has 2 heterocycles. The van der Waals surface area contributed by atoms with E-state index in [0.717, 1.165) is 24.5 Å². The third kappa shape index (κ3) is 4.35. The number of nitrogens with one attached hydrogen (secondary N) is 1. The van der Waals surface area contributed by atoms with E-state index in [0.29, 0.717) is 19.0 Å². The minimum Gasteiger partial charge on any atom is -0.486 e. The molecule has 0 unspecified atom stereocenters. The Labute approximate surface area is 151 Å². The van der Waals surface area contributed by atoms with Gasteiger partial charge in [-0.3, -0.25) is 9.59 Å². The smallest absolute Gasteiger partial charge is 0.262 e. The van der Waals surface area contributed by atoms with Crippen molar-refractivity contribution in [2.45, 2.75) is 18.6 Å². The van der Waals surface area contributed by atoms with Gasteiger partial charge in [0.05, 0.1) is 29.3 Å². The lowest BCUT2D eigenvalue weighted by atomic mass is 10.1. The molecule has 1 aromatic rings. The van der Waals surface area contributed by atoms with E-state index in [4.69, 9.17) is 9.47 Å². The van der Waals surface area contributed by atoms with Crippen molar-refractivity contribution in [3.63, 3.8) is 0 Å². The van der Waals surface area contributed by atoms with Crippen molar-refractivity contribution in [1.82, 2.24) is 0 Å². The summed E-state index contributed by atoms with van der Waals surface area (Å²) in [6.45, 7) is 6.63. The Hall–Kier alpha value is -1.99. The van der Waals surface area contributed by atoms with Crippen LogP contribution in [0.5, 0.6) is 0 Å². The van der Waals surface area contributed by atoms with Crippen molar-refractivity contribution < 1.29 is 19.1 Å². The van der Waals surface area contributed by atoms with Gasteiger partial charge >= 0.3 is 0 Å². The topological polar surface area (TPSA) is 67.9 Å². The summed E-state index contributed by atoms with van der Waals surface area (Å²) >= 11 is 1.20. The van der Waals surface area contributed by atoms with Gasteiger partial charge in [-0.15, -0.1) is 0 Å². The van der Waals surface area contributed by atoms with E-state index >= 15 is 0 Å². The zero-order chi connectivity index (χ0) is 17.9. The fourth-order valence-corrected chi connectivity index (χ4v) is 3.70. The summed E-state index contributed by atoms with van der Waals surface area (Å²) in [7, 11) is 0. The van der Waals surface area contributed by atoms with Crippen LogP contribution in [0.1, 0.15) is 13.8 Å². The third-order valence-corrected chi connectivity index (χ3v) is 5.12. The summed E-state index contributed by atoms with van der Waals surface area (Å²) in [6, 6.07) is 7.70. The van der Waals surface area contributed by atoms with Gasteiger partial charge in [-0.1, -0.05) is 23.9 Å². The molecule has 1 amide bonds. The van der Waals surface area contributed by atoms with Crippen LogP contribution in [0.15, 0.2) is 36.1 Å². The second-order valence-corrected chi connectivity index (χ2v) is 8.02. The Morgan fingerprint density at radius 1 is 1.32 bits per heavy atom. The van der Waals surface area contributed by atoms with Crippen molar-refractivity contribution in [1.29, 1.82) is 0 Å². The zero-order valence-corrected chi connectivity index (χ0v) is 15.2. The quantitative estimate of drug-likeness (QED) is 0.868. The van der Waals surface area contributed by atoms with Crippen LogP contribution in [0.2, 0.25) is 0 Å². The van der Waals surface area contributed by atoms with Gasteiger partial charge in [-0.25, -0.2) is 0 Å². The maximum atomic E-state index is 12.3.